The molecule has 1 amide bonds. The minimum Gasteiger partial charge on any atom is -0.450 e. The minimum atomic E-state index is -0.147. The Hall–Kier alpha value is -0.420. The van der Waals surface area contributed by atoms with E-state index in [2.05, 4.69) is 11.6 Å². The molecule has 1 saturated heterocycles. The molecule has 1 N–H and O–H groups in total. The fourth-order valence-corrected chi connectivity index (χ4v) is 3.99. The third-order valence-electron chi connectivity index (χ3n) is 4.50. The lowest BCUT2D eigenvalue weighted by Crippen LogP contribution is -2.48. The van der Waals surface area contributed by atoms with Crippen molar-refractivity contribution in [1.29, 1.82) is 0 Å². The lowest BCUT2D eigenvalue weighted by molar-refractivity contribution is 0.0936. The van der Waals surface area contributed by atoms with Crippen LogP contribution in [-0.2, 0) is 4.74 Å². The molecule has 1 aliphatic heterocycles. The van der Waals surface area contributed by atoms with Gasteiger partial charge in [0.15, 0.2) is 0 Å². The first-order valence-corrected chi connectivity index (χ1v) is 9.22. The zero-order valence-corrected chi connectivity index (χ0v) is 13.6. The highest BCUT2D eigenvalue weighted by atomic mass is 32.2. The smallest absolute Gasteiger partial charge is 0.409 e. The topological polar surface area (TPSA) is 41.6 Å². The number of piperidine rings is 1. The fourth-order valence-electron chi connectivity index (χ4n) is 3.24. The van der Waals surface area contributed by atoms with E-state index in [0.717, 1.165) is 31.2 Å². The van der Waals surface area contributed by atoms with E-state index in [4.69, 9.17) is 4.74 Å². The van der Waals surface area contributed by atoms with Gasteiger partial charge in [0.25, 0.3) is 0 Å². The predicted molar refractivity (Wildman–Crippen MR) is 84.3 cm³/mol. The molecule has 0 aromatic heterocycles. The van der Waals surface area contributed by atoms with E-state index in [-0.39, 0.29) is 6.09 Å². The summed E-state index contributed by atoms with van der Waals surface area (Å²) in [7, 11) is 0. The zero-order valence-electron chi connectivity index (χ0n) is 12.8. The molecule has 5 heteroatoms. The van der Waals surface area contributed by atoms with Crippen LogP contribution < -0.4 is 5.32 Å². The monoisotopic (exact) mass is 300 g/mol. The van der Waals surface area contributed by atoms with Crippen LogP contribution in [0.25, 0.3) is 0 Å². The molecule has 1 aliphatic carbocycles. The zero-order chi connectivity index (χ0) is 14.4. The van der Waals surface area contributed by atoms with Crippen LogP contribution in [0.4, 0.5) is 4.79 Å². The largest absolute Gasteiger partial charge is 0.450 e. The number of hydrogen-bond donors (Lipinski definition) is 1. The number of amides is 1. The Kier molecular flexibility index (Phi) is 6.49. The van der Waals surface area contributed by atoms with Crippen molar-refractivity contribution in [1.82, 2.24) is 10.2 Å². The molecule has 4 nitrogen and oxygen atoms in total. The van der Waals surface area contributed by atoms with Crippen LogP contribution in [0, 0.1) is 0 Å². The summed E-state index contributed by atoms with van der Waals surface area (Å²) in [4.78, 5) is 13.5. The Morgan fingerprint density at radius 2 is 1.75 bits per heavy atom. The standard InChI is InChI=1S/C15H28N2O2S/c1-3-19-15(18)17-10-8-13(9-11-17)16-12-4-6-14(20-2)7-5-12/h12-14,16H,3-11H2,1-2H3. The highest BCUT2D eigenvalue weighted by molar-refractivity contribution is 7.99. The number of nitrogens with one attached hydrogen (secondary N) is 1. The Morgan fingerprint density at radius 1 is 1.15 bits per heavy atom. The van der Waals surface area contributed by atoms with Gasteiger partial charge in [-0.1, -0.05) is 0 Å². The van der Waals surface area contributed by atoms with E-state index in [1.165, 1.54) is 25.7 Å². The van der Waals surface area contributed by atoms with E-state index < -0.39 is 0 Å². The fraction of sp³-hybridized carbons (Fsp3) is 0.933. The second-order valence-corrected chi connectivity index (χ2v) is 6.97. The highest BCUT2D eigenvalue weighted by Crippen LogP contribution is 2.27. The van der Waals surface area contributed by atoms with Gasteiger partial charge in [-0.05, 0) is 51.7 Å². The van der Waals surface area contributed by atoms with E-state index in [1.807, 2.05) is 23.6 Å². The maximum Gasteiger partial charge on any atom is 0.409 e. The molecule has 116 valence electrons. The molecule has 2 aliphatic rings. The van der Waals surface area contributed by atoms with Crippen molar-refractivity contribution >= 4 is 17.9 Å². The molecule has 20 heavy (non-hydrogen) atoms. The number of carbonyl (C=O) groups excluding carboxylic acids is 1. The molecule has 0 unspecified atom stereocenters. The van der Waals surface area contributed by atoms with Gasteiger partial charge < -0.3 is 15.0 Å². The second kappa shape index (κ2) is 8.13. The molecule has 0 radical (unpaired) electrons. The lowest BCUT2D eigenvalue weighted by atomic mass is 9.93. The van der Waals surface area contributed by atoms with Crippen molar-refractivity contribution in [2.24, 2.45) is 0 Å². The lowest BCUT2D eigenvalue weighted by Gasteiger charge is -2.36. The van der Waals surface area contributed by atoms with Crippen LogP contribution in [0.5, 0.6) is 0 Å². The molecular weight excluding hydrogens is 272 g/mol. The van der Waals surface area contributed by atoms with Crippen LogP contribution in [-0.4, -0.2) is 54.3 Å². The second-order valence-electron chi connectivity index (χ2n) is 5.84. The van der Waals surface area contributed by atoms with Gasteiger partial charge in [-0.2, -0.15) is 11.8 Å². The van der Waals surface area contributed by atoms with Gasteiger partial charge in [-0.3, -0.25) is 0 Å². The average Bonchev–Trinajstić information content (AvgIpc) is 2.49. The first kappa shape index (κ1) is 16.0. The van der Waals surface area contributed by atoms with E-state index in [1.54, 1.807) is 0 Å². The van der Waals surface area contributed by atoms with Crippen LogP contribution in [0.2, 0.25) is 0 Å². The van der Waals surface area contributed by atoms with Crippen LogP contribution >= 0.6 is 11.8 Å². The van der Waals surface area contributed by atoms with Crippen LogP contribution in [0.3, 0.4) is 0 Å². The van der Waals surface area contributed by atoms with Crippen molar-refractivity contribution in [2.75, 3.05) is 26.0 Å². The number of hydrogen-bond acceptors (Lipinski definition) is 4. The summed E-state index contributed by atoms with van der Waals surface area (Å²) in [5.41, 5.74) is 0. The molecular formula is C15H28N2O2S. The molecule has 1 saturated carbocycles. The number of likely N-dealkylation sites (tertiary alicyclic amines) is 1. The van der Waals surface area contributed by atoms with E-state index in [9.17, 15) is 4.79 Å². The van der Waals surface area contributed by atoms with Crippen molar-refractivity contribution in [3.8, 4) is 0 Å². The summed E-state index contributed by atoms with van der Waals surface area (Å²) in [6.45, 7) is 3.99. The Morgan fingerprint density at radius 3 is 2.30 bits per heavy atom. The predicted octanol–water partition coefficient (Wildman–Crippen LogP) is 2.87. The quantitative estimate of drug-likeness (QED) is 0.867. The molecule has 0 aromatic carbocycles. The molecule has 0 atom stereocenters. The van der Waals surface area contributed by atoms with Crippen molar-refractivity contribution in [3.63, 3.8) is 0 Å². The van der Waals surface area contributed by atoms with Crippen LogP contribution in [0.1, 0.15) is 45.4 Å². The van der Waals surface area contributed by atoms with Gasteiger partial charge in [0, 0.05) is 30.4 Å². The van der Waals surface area contributed by atoms with Crippen LogP contribution in [0.15, 0.2) is 0 Å². The summed E-state index contributed by atoms with van der Waals surface area (Å²) in [5, 5.41) is 4.68. The Balaban J connectivity index is 1.66. The molecule has 2 fully saturated rings. The van der Waals surface area contributed by atoms with Gasteiger partial charge in [-0.15, -0.1) is 0 Å². The third kappa shape index (κ3) is 4.55. The summed E-state index contributed by atoms with van der Waals surface area (Å²) in [6.07, 6.45) is 9.51. The first-order valence-electron chi connectivity index (χ1n) is 7.93. The summed E-state index contributed by atoms with van der Waals surface area (Å²) >= 11 is 2.02. The normalized spacial score (nSPS) is 28.4. The van der Waals surface area contributed by atoms with E-state index >= 15 is 0 Å². The number of ether oxygens (including phenoxy) is 1. The number of nitrogens with zero attached hydrogens (tertiary/aromatic N) is 1. The van der Waals surface area contributed by atoms with Gasteiger partial charge in [0.05, 0.1) is 6.61 Å². The summed E-state index contributed by atoms with van der Waals surface area (Å²) in [6, 6.07) is 1.27. The van der Waals surface area contributed by atoms with Gasteiger partial charge in [-0.25, -0.2) is 4.79 Å². The first-order chi connectivity index (χ1) is 9.72. The summed E-state index contributed by atoms with van der Waals surface area (Å²) < 4.78 is 5.05. The van der Waals surface area contributed by atoms with Crippen molar-refractivity contribution in [2.45, 2.75) is 62.8 Å². The van der Waals surface area contributed by atoms with Crippen molar-refractivity contribution < 1.29 is 9.53 Å². The molecule has 0 bridgehead atoms. The van der Waals surface area contributed by atoms with Gasteiger partial charge in [0.2, 0.25) is 0 Å². The maximum absolute atomic E-state index is 11.6. The molecule has 0 spiro atoms. The van der Waals surface area contributed by atoms with Crippen molar-refractivity contribution in [3.05, 3.63) is 0 Å². The molecule has 2 rings (SSSR count). The average molecular weight is 300 g/mol. The highest BCUT2D eigenvalue weighted by Gasteiger charge is 2.27. The Labute approximate surface area is 127 Å². The van der Waals surface area contributed by atoms with Gasteiger partial charge in [0.1, 0.15) is 0 Å². The minimum absolute atomic E-state index is 0.147. The number of rotatable bonds is 4. The SMILES string of the molecule is CCOC(=O)N1CCC(NC2CCC(SC)CC2)CC1. The summed E-state index contributed by atoms with van der Waals surface area (Å²) in [5.74, 6) is 0. The molecule has 1 heterocycles. The number of carbonyl (C=O) groups is 1. The Bertz CT molecular complexity index is 298. The van der Waals surface area contributed by atoms with E-state index in [0.29, 0.717) is 18.7 Å². The third-order valence-corrected chi connectivity index (χ3v) is 5.64. The number of thioether (sulfide) groups is 1. The maximum atomic E-state index is 11.6. The van der Waals surface area contributed by atoms with Gasteiger partial charge >= 0.3 is 6.09 Å². The molecule has 0 aromatic rings.